The molecule has 0 heterocycles. The fourth-order valence-electron chi connectivity index (χ4n) is 5.43. The molecule has 0 unspecified atom stereocenters. The van der Waals surface area contributed by atoms with Gasteiger partial charge in [0, 0.05) is 26.9 Å². The third-order valence-electron chi connectivity index (χ3n) is 8.12. The van der Waals surface area contributed by atoms with Gasteiger partial charge in [-0.25, -0.2) is 0 Å². The van der Waals surface area contributed by atoms with Gasteiger partial charge in [0.05, 0.1) is 0 Å². The van der Waals surface area contributed by atoms with Crippen molar-refractivity contribution in [3.05, 3.63) is 219 Å². The fourth-order valence-corrected chi connectivity index (χ4v) is 6.27. The molecule has 0 aliphatic rings. The van der Waals surface area contributed by atoms with Gasteiger partial charge in [-0.15, -0.1) is 0 Å². The number of hydrogen-bond acceptors (Lipinski definition) is 2. The SMILES string of the molecule is C/C=C\C.C=C(C)N(c1ccc(-c2ccccc2)cc1)c1ccc(-c2ccc(Sc3ccccc3)cc2)cc1.c1ccc(-c2ccccc2)cc1. The quantitative estimate of drug-likeness (QED) is 0.147. The van der Waals surface area contributed by atoms with Crippen molar-refractivity contribution in [2.24, 2.45) is 0 Å². The summed E-state index contributed by atoms with van der Waals surface area (Å²) in [5, 5.41) is 0. The third kappa shape index (κ3) is 10.8. The van der Waals surface area contributed by atoms with Crippen LogP contribution < -0.4 is 4.90 Å². The molecule has 7 aromatic carbocycles. The first-order valence-corrected chi connectivity index (χ1v) is 18.1. The maximum absolute atomic E-state index is 4.24. The van der Waals surface area contributed by atoms with Gasteiger partial charge in [0.1, 0.15) is 0 Å². The predicted octanol–water partition coefficient (Wildman–Crippen LogP) is 14.8. The average Bonchev–Trinajstić information content (AvgIpc) is 3.20. The van der Waals surface area contributed by atoms with Gasteiger partial charge < -0.3 is 4.90 Å². The molecule has 0 radical (unpaired) electrons. The van der Waals surface area contributed by atoms with E-state index in [-0.39, 0.29) is 0 Å². The van der Waals surface area contributed by atoms with E-state index in [0.717, 1.165) is 17.1 Å². The molecule has 0 spiro atoms. The Labute approximate surface area is 309 Å². The van der Waals surface area contributed by atoms with Crippen LogP contribution >= 0.6 is 11.8 Å². The second-order valence-corrected chi connectivity index (χ2v) is 13.0. The molecule has 0 aliphatic carbocycles. The van der Waals surface area contributed by atoms with E-state index in [2.05, 4.69) is 181 Å². The Balaban J connectivity index is 0.000000260. The standard InChI is InChI=1S/C33H27NS.C12H10.C4H8/c1-25(2)34(30-19-13-27(14-20-30)26-9-5-3-6-10-26)31-21-15-28(16-22-31)29-17-23-33(24-18-29)35-32-11-7-4-8-12-32;1-3-7-11(8-4-1)12-9-5-2-6-10-12;1-3-4-2/h3-24H,1H2,2H3;1-10H;3-4H,1-2H3/b;;4-3-. The molecule has 0 saturated heterocycles. The van der Waals surface area contributed by atoms with E-state index in [4.69, 9.17) is 0 Å². The lowest BCUT2D eigenvalue weighted by atomic mass is 10.0. The second-order valence-electron chi connectivity index (χ2n) is 11.9. The lowest BCUT2D eigenvalue weighted by Crippen LogP contribution is -2.13. The third-order valence-corrected chi connectivity index (χ3v) is 9.14. The Morgan fingerprint density at radius 1 is 0.392 bits per heavy atom. The van der Waals surface area contributed by atoms with Crippen molar-refractivity contribution in [3.8, 4) is 33.4 Å². The highest BCUT2D eigenvalue weighted by Crippen LogP contribution is 2.34. The lowest BCUT2D eigenvalue weighted by Gasteiger charge is -2.25. The zero-order valence-electron chi connectivity index (χ0n) is 29.7. The number of hydrogen-bond donors (Lipinski definition) is 0. The summed E-state index contributed by atoms with van der Waals surface area (Å²) in [7, 11) is 0. The minimum atomic E-state index is 0.979. The molecule has 0 N–H and O–H groups in total. The number of benzene rings is 7. The maximum atomic E-state index is 4.24. The van der Waals surface area contributed by atoms with Gasteiger partial charge in [0.15, 0.2) is 0 Å². The molecule has 0 bridgehead atoms. The molecule has 252 valence electrons. The van der Waals surface area contributed by atoms with E-state index in [1.165, 1.54) is 43.2 Å². The number of rotatable bonds is 8. The van der Waals surface area contributed by atoms with E-state index < -0.39 is 0 Å². The Morgan fingerprint density at radius 3 is 0.980 bits per heavy atom. The smallest absolute Gasteiger partial charge is 0.0458 e. The Morgan fingerprint density at radius 2 is 0.667 bits per heavy atom. The highest BCUT2D eigenvalue weighted by Gasteiger charge is 2.11. The van der Waals surface area contributed by atoms with Crippen LogP contribution in [0, 0.1) is 0 Å². The van der Waals surface area contributed by atoms with Gasteiger partial charge >= 0.3 is 0 Å². The summed E-state index contributed by atoms with van der Waals surface area (Å²) < 4.78 is 0. The largest absolute Gasteiger partial charge is 0.315 e. The van der Waals surface area contributed by atoms with Gasteiger partial charge in [-0.05, 0) is 103 Å². The van der Waals surface area contributed by atoms with Gasteiger partial charge in [-0.3, -0.25) is 0 Å². The van der Waals surface area contributed by atoms with Crippen LogP contribution in [0.4, 0.5) is 11.4 Å². The van der Waals surface area contributed by atoms with Crippen LogP contribution in [0.1, 0.15) is 20.8 Å². The Hall–Kier alpha value is -5.83. The molecule has 7 aromatic rings. The van der Waals surface area contributed by atoms with E-state index in [0.29, 0.717) is 0 Å². The fraction of sp³-hybridized carbons (Fsp3) is 0.0612. The van der Waals surface area contributed by atoms with Crippen molar-refractivity contribution in [2.75, 3.05) is 4.90 Å². The minimum absolute atomic E-state index is 0.979. The molecule has 0 saturated carbocycles. The van der Waals surface area contributed by atoms with Crippen molar-refractivity contribution in [3.63, 3.8) is 0 Å². The van der Waals surface area contributed by atoms with Gasteiger partial charge in [0.25, 0.3) is 0 Å². The van der Waals surface area contributed by atoms with Gasteiger partial charge in [-0.1, -0.05) is 176 Å². The normalized spacial score (nSPS) is 10.3. The Bertz CT molecular complexity index is 2010. The first kappa shape index (κ1) is 36.5. The number of nitrogens with zero attached hydrogens (tertiary/aromatic N) is 1. The summed E-state index contributed by atoms with van der Waals surface area (Å²) in [5.41, 5.74) is 10.6. The molecule has 51 heavy (non-hydrogen) atoms. The van der Waals surface area contributed by atoms with Crippen LogP contribution in [0.5, 0.6) is 0 Å². The van der Waals surface area contributed by atoms with Gasteiger partial charge in [-0.2, -0.15) is 0 Å². The van der Waals surface area contributed by atoms with E-state index in [9.17, 15) is 0 Å². The van der Waals surface area contributed by atoms with Crippen LogP contribution in [-0.4, -0.2) is 0 Å². The van der Waals surface area contributed by atoms with Crippen LogP contribution in [0.3, 0.4) is 0 Å². The molecule has 0 amide bonds. The zero-order valence-corrected chi connectivity index (χ0v) is 30.5. The molecule has 7 rings (SSSR count). The van der Waals surface area contributed by atoms with Crippen molar-refractivity contribution in [2.45, 2.75) is 30.6 Å². The van der Waals surface area contributed by atoms with E-state index >= 15 is 0 Å². The molecular weight excluding hydrogens is 635 g/mol. The van der Waals surface area contributed by atoms with Crippen LogP contribution in [-0.2, 0) is 0 Å². The summed E-state index contributed by atoms with van der Waals surface area (Å²) in [6.45, 7) is 10.3. The lowest BCUT2D eigenvalue weighted by molar-refractivity contribution is 1.17. The highest BCUT2D eigenvalue weighted by molar-refractivity contribution is 7.99. The summed E-state index contributed by atoms with van der Waals surface area (Å²) >= 11 is 1.78. The minimum Gasteiger partial charge on any atom is -0.315 e. The highest BCUT2D eigenvalue weighted by atomic mass is 32.2. The van der Waals surface area contributed by atoms with E-state index in [1.807, 2.05) is 57.2 Å². The monoisotopic (exact) mass is 679 g/mol. The van der Waals surface area contributed by atoms with Crippen LogP contribution in [0.15, 0.2) is 228 Å². The van der Waals surface area contributed by atoms with Crippen molar-refractivity contribution in [1.82, 2.24) is 0 Å². The molecule has 0 fully saturated rings. The maximum Gasteiger partial charge on any atom is 0.0458 e. The van der Waals surface area contributed by atoms with Gasteiger partial charge in [0.2, 0.25) is 0 Å². The summed E-state index contributed by atoms with van der Waals surface area (Å²) in [4.78, 5) is 4.68. The van der Waals surface area contributed by atoms with Crippen LogP contribution in [0.2, 0.25) is 0 Å². The molecule has 0 atom stereocenters. The zero-order chi connectivity index (χ0) is 35.7. The molecule has 0 aromatic heterocycles. The van der Waals surface area contributed by atoms with E-state index in [1.54, 1.807) is 11.8 Å². The topological polar surface area (TPSA) is 3.24 Å². The summed E-state index contributed by atoms with van der Waals surface area (Å²) in [6, 6.07) is 67.8. The molecular formula is C49H45NS. The first-order chi connectivity index (χ1) is 25.1. The predicted molar refractivity (Wildman–Crippen MR) is 224 cm³/mol. The molecule has 2 heteroatoms. The number of anilines is 2. The van der Waals surface area contributed by atoms with Crippen molar-refractivity contribution in [1.29, 1.82) is 0 Å². The first-order valence-electron chi connectivity index (χ1n) is 17.3. The van der Waals surface area contributed by atoms with Crippen molar-refractivity contribution < 1.29 is 0 Å². The molecule has 1 nitrogen and oxygen atoms in total. The average molecular weight is 680 g/mol. The second kappa shape index (κ2) is 19.4. The Kier molecular flexibility index (Phi) is 13.9. The van der Waals surface area contributed by atoms with Crippen LogP contribution in [0.25, 0.3) is 33.4 Å². The molecule has 0 aliphatic heterocycles. The van der Waals surface area contributed by atoms with Crippen molar-refractivity contribution >= 4 is 23.1 Å². The summed E-state index contributed by atoms with van der Waals surface area (Å²) in [5.74, 6) is 0. The number of allylic oxidation sites excluding steroid dienone is 3. The summed E-state index contributed by atoms with van der Waals surface area (Å²) in [6.07, 6.45) is 4.00.